The fraction of sp³-hybridized carbons (Fsp3) is 1.00. The second kappa shape index (κ2) is 7.55. The molecule has 3 heteroatoms. The van der Waals surface area contributed by atoms with Crippen LogP contribution in [-0.4, -0.2) is 22.8 Å². The second-order valence-corrected chi connectivity index (χ2v) is 9.39. The first kappa shape index (κ1) is 15.2. The zero-order valence-electron chi connectivity index (χ0n) is 12.1. The summed E-state index contributed by atoms with van der Waals surface area (Å²) in [6, 6.07) is 1.19. The van der Waals surface area contributed by atoms with Crippen LogP contribution in [0.25, 0.3) is 0 Å². The quantitative estimate of drug-likeness (QED) is 0.495. The Morgan fingerprint density at radius 3 is 2.06 bits per heavy atom. The Hall–Kier alpha value is 0.137. The average Bonchev–Trinajstić information content (AvgIpc) is 2.37. The van der Waals surface area contributed by atoms with Gasteiger partial charge in [-0.25, -0.2) is 0 Å². The molecule has 17 heavy (non-hydrogen) atoms. The maximum atomic E-state index is 5.93. The van der Waals surface area contributed by atoms with E-state index in [0.29, 0.717) is 0 Å². The molecule has 0 spiro atoms. The molecule has 102 valence electrons. The third-order valence-electron chi connectivity index (χ3n) is 4.46. The minimum Gasteiger partial charge on any atom is -0.397 e. The molecule has 0 unspecified atom stereocenters. The van der Waals surface area contributed by atoms with E-state index in [1.165, 1.54) is 51.0 Å². The lowest BCUT2D eigenvalue weighted by Crippen LogP contribution is -2.46. The summed E-state index contributed by atoms with van der Waals surface area (Å²) in [5.74, 6) is 0.905. The molecule has 1 aliphatic carbocycles. The summed E-state index contributed by atoms with van der Waals surface area (Å²) >= 11 is 0. The topological polar surface area (TPSA) is 18.5 Å². The van der Waals surface area contributed by atoms with E-state index in [1.807, 2.05) is 14.2 Å². The summed E-state index contributed by atoms with van der Waals surface area (Å²) in [6.45, 7) is 4.63. The van der Waals surface area contributed by atoms with Gasteiger partial charge in [0, 0.05) is 19.8 Å². The van der Waals surface area contributed by atoms with Crippen LogP contribution in [0, 0.1) is 5.92 Å². The molecule has 0 aromatic carbocycles. The van der Waals surface area contributed by atoms with Gasteiger partial charge in [0.25, 0.3) is 0 Å². The summed E-state index contributed by atoms with van der Waals surface area (Å²) in [7, 11) is 1.84. The molecule has 1 fully saturated rings. The van der Waals surface area contributed by atoms with Gasteiger partial charge in [-0.1, -0.05) is 46.0 Å². The van der Waals surface area contributed by atoms with E-state index >= 15 is 0 Å². The first-order valence-electron chi connectivity index (χ1n) is 7.28. The summed E-state index contributed by atoms with van der Waals surface area (Å²) in [4.78, 5) is 0. The fourth-order valence-electron chi connectivity index (χ4n) is 3.15. The number of hydrogen-bond acceptors (Lipinski definition) is 2. The van der Waals surface area contributed by atoms with Gasteiger partial charge in [0.15, 0.2) is 0 Å². The molecule has 0 aromatic rings. The largest absolute Gasteiger partial charge is 0.397 e. The summed E-state index contributed by atoms with van der Waals surface area (Å²) in [5, 5.41) is 0. The molecule has 0 N–H and O–H groups in total. The fourth-order valence-corrected chi connectivity index (χ4v) is 6.75. The van der Waals surface area contributed by atoms with Crippen LogP contribution in [0.1, 0.15) is 58.8 Å². The molecule has 0 radical (unpaired) electrons. The van der Waals surface area contributed by atoms with Gasteiger partial charge in [0.05, 0.1) is 0 Å². The monoisotopic (exact) mass is 258 g/mol. The molecule has 0 bridgehead atoms. The predicted molar refractivity (Wildman–Crippen MR) is 75.5 cm³/mol. The molecule has 0 aromatic heterocycles. The van der Waals surface area contributed by atoms with E-state index in [-0.39, 0.29) is 0 Å². The zero-order valence-corrected chi connectivity index (χ0v) is 13.1. The molecule has 1 aliphatic rings. The summed E-state index contributed by atoms with van der Waals surface area (Å²) in [6.07, 6.45) is 9.23. The van der Waals surface area contributed by atoms with Gasteiger partial charge < -0.3 is 8.85 Å². The molecule has 2 nitrogen and oxygen atoms in total. The van der Waals surface area contributed by atoms with Crippen molar-refractivity contribution in [1.82, 2.24) is 0 Å². The SMILES string of the molecule is CCCCC[Si](OC)(OC)C1CCC(C)CC1. The Morgan fingerprint density at radius 2 is 1.59 bits per heavy atom. The van der Waals surface area contributed by atoms with Crippen LogP contribution in [0.4, 0.5) is 0 Å². The third kappa shape index (κ3) is 4.07. The number of hydrogen-bond donors (Lipinski definition) is 0. The first-order chi connectivity index (χ1) is 8.18. The highest BCUT2D eigenvalue weighted by Crippen LogP contribution is 2.42. The van der Waals surface area contributed by atoms with Crippen molar-refractivity contribution in [3.05, 3.63) is 0 Å². The van der Waals surface area contributed by atoms with Crippen LogP contribution in [0.3, 0.4) is 0 Å². The van der Waals surface area contributed by atoms with Crippen LogP contribution < -0.4 is 0 Å². The van der Waals surface area contributed by atoms with Crippen molar-refractivity contribution in [3.8, 4) is 0 Å². The molecule has 0 amide bonds. The van der Waals surface area contributed by atoms with E-state index < -0.39 is 8.56 Å². The highest BCUT2D eigenvalue weighted by atomic mass is 28.4. The molecule has 0 heterocycles. The van der Waals surface area contributed by atoms with Crippen molar-refractivity contribution in [2.75, 3.05) is 14.2 Å². The Labute approximate surface area is 108 Å². The van der Waals surface area contributed by atoms with Crippen molar-refractivity contribution >= 4 is 8.56 Å². The van der Waals surface area contributed by atoms with Gasteiger partial charge in [-0.05, 0) is 24.8 Å². The lowest BCUT2D eigenvalue weighted by molar-refractivity contribution is 0.208. The van der Waals surface area contributed by atoms with Crippen LogP contribution in [0.2, 0.25) is 11.6 Å². The molecule has 0 aliphatic heterocycles. The maximum absolute atomic E-state index is 5.93. The van der Waals surface area contributed by atoms with Crippen LogP contribution in [0.5, 0.6) is 0 Å². The van der Waals surface area contributed by atoms with Gasteiger partial charge in [-0.2, -0.15) is 0 Å². The van der Waals surface area contributed by atoms with E-state index in [9.17, 15) is 0 Å². The van der Waals surface area contributed by atoms with Crippen LogP contribution >= 0.6 is 0 Å². The smallest absolute Gasteiger partial charge is 0.340 e. The predicted octanol–water partition coefficient (Wildman–Crippen LogP) is 4.49. The number of unbranched alkanes of at least 4 members (excludes halogenated alkanes) is 2. The van der Waals surface area contributed by atoms with Gasteiger partial charge in [0.2, 0.25) is 0 Å². The zero-order chi connectivity index (χ0) is 12.7. The highest BCUT2D eigenvalue weighted by Gasteiger charge is 2.44. The Bertz CT molecular complexity index is 196. The Balaban J connectivity index is 2.56. The van der Waals surface area contributed by atoms with Crippen LogP contribution in [-0.2, 0) is 8.85 Å². The van der Waals surface area contributed by atoms with Crippen molar-refractivity contribution in [2.45, 2.75) is 70.4 Å². The molecule has 0 saturated heterocycles. The molecule has 1 rings (SSSR count). The molecular weight excluding hydrogens is 228 g/mol. The lowest BCUT2D eigenvalue weighted by atomic mass is 9.90. The Morgan fingerprint density at radius 1 is 1.00 bits per heavy atom. The highest BCUT2D eigenvalue weighted by molar-refractivity contribution is 6.69. The summed E-state index contributed by atoms with van der Waals surface area (Å²) < 4.78 is 11.9. The van der Waals surface area contributed by atoms with Crippen molar-refractivity contribution in [2.24, 2.45) is 5.92 Å². The second-order valence-electron chi connectivity index (χ2n) is 5.63. The van der Waals surface area contributed by atoms with Gasteiger partial charge in [0.1, 0.15) is 0 Å². The standard InChI is InChI=1S/C14H30O2Si/c1-5-6-7-12-17(15-3,16-4)14-10-8-13(2)9-11-14/h13-14H,5-12H2,1-4H3. The minimum atomic E-state index is -1.91. The summed E-state index contributed by atoms with van der Waals surface area (Å²) in [5.41, 5.74) is 0.727. The molecular formula is C14H30O2Si. The molecule has 1 saturated carbocycles. The van der Waals surface area contributed by atoms with Crippen LogP contribution in [0.15, 0.2) is 0 Å². The van der Waals surface area contributed by atoms with E-state index in [1.54, 1.807) is 0 Å². The minimum absolute atomic E-state index is 0.727. The molecule has 0 atom stereocenters. The number of rotatable bonds is 7. The van der Waals surface area contributed by atoms with E-state index in [0.717, 1.165) is 11.5 Å². The normalized spacial score (nSPS) is 26.1. The van der Waals surface area contributed by atoms with E-state index in [4.69, 9.17) is 8.85 Å². The third-order valence-corrected chi connectivity index (χ3v) is 8.71. The van der Waals surface area contributed by atoms with E-state index in [2.05, 4.69) is 13.8 Å². The average molecular weight is 258 g/mol. The van der Waals surface area contributed by atoms with Crippen molar-refractivity contribution < 1.29 is 8.85 Å². The van der Waals surface area contributed by atoms with Gasteiger partial charge in [-0.15, -0.1) is 0 Å². The van der Waals surface area contributed by atoms with Crippen molar-refractivity contribution in [3.63, 3.8) is 0 Å². The van der Waals surface area contributed by atoms with Crippen molar-refractivity contribution in [1.29, 1.82) is 0 Å². The van der Waals surface area contributed by atoms with Gasteiger partial charge >= 0.3 is 8.56 Å². The Kier molecular flexibility index (Phi) is 6.74. The lowest BCUT2D eigenvalue weighted by Gasteiger charge is -2.38. The maximum Gasteiger partial charge on any atom is 0.340 e. The first-order valence-corrected chi connectivity index (χ1v) is 9.39. The van der Waals surface area contributed by atoms with Gasteiger partial charge in [-0.3, -0.25) is 0 Å².